The summed E-state index contributed by atoms with van der Waals surface area (Å²) in [6.07, 6.45) is 2.64. The van der Waals surface area contributed by atoms with E-state index in [0.29, 0.717) is 11.4 Å². The number of carboxylic acid groups (broad SMARTS) is 1. The maximum absolute atomic E-state index is 13.6. The predicted octanol–water partition coefficient (Wildman–Crippen LogP) is 3.05. The lowest BCUT2D eigenvalue weighted by molar-refractivity contribution is -0.166. The van der Waals surface area contributed by atoms with Crippen LogP contribution < -0.4 is 10.1 Å². The minimum atomic E-state index is -1.12. The Morgan fingerprint density at radius 1 is 1.10 bits per heavy atom. The fraction of sp³-hybridized carbons (Fsp3) is 0.517. The first-order chi connectivity index (χ1) is 20.2. The highest BCUT2D eigenvalue weighted by Crippen LogP contribution is 2.25. The van der Waals surface area contributed by atoms with Gasteiger partial charge in [-0.1, -0.05) is 30.3 Å². The summed E-state index contributed by atoms with van der Waals surface area (Å²) in [5.41, 5.74) is 0.698. The van der Waals surface area contributed by atoms with Gasteiger partial charge in [-0.3, -0.25) is 14.4 Å². The predicted molar refractivity (Wildman–Crippen MR) is 149 cm³/mol. The minimum Gasteiger partial charge on any atom is -0.481 e. The quantitative estimate of drug-likeness (QED) is 0.374. The molecular formula is C29H37N5O8. The van der Waals surface area contributed by atoms with Gasteiger partial charge in [-0.15, -0.1) is 5.06 Å². The Kier molecular flexibility index (Phi) is 10.7. The summed E-state index contributed by atoms with van der Waals surface area (Å²) >= 11 is 0. The van der Waals surface area contributed by atoms with Gasteiger partial charge in [0.25, 0.3) is 5.91 Å². The normalized spacial score (nSPS) is 18.2. The topological polar surface area (TPSA) is 160 Å². The third-order valence-electron chi connectivity index (χ3n) is 7.15. The lowest BCUT2D eigenvalue weighted by Gasteiger charge is -2.39. The molecule has 2 heterocycles. The second kappa shape index (κ2) is 14.6. The fourth-order valence-electron chi connectivity index (χ4n) is 5.04. The summed E-state index contributed by atoms with van der Waals surface area (Å²) in [5.74, 6) is -1.61. The van der Waals surface area contributed by atoms with E-state index < -0.39 is 30.0 Å². The summed E-state index contributed by atoms with van der Waals surface area (Å²) in [6, 6.07) is 9.11. The van der Waals surface area contributed by atoms with Gasteiger partial charge in [-0.05, 0) is 46.0 Å². The molecule has 2 atom stereocenters. The van der Waals surface area contributed by atoms with Crippen molar-refractivity contribution >= 4 is 23.9 Å². The van der Waals surface area contributed by atoms with E-state index in [-0.39, 0.29) is 62.8 Å². The largest absolute Gasteiger partial charge is 0.527 e. The number of hydrogen-bond acceptors (Lipinski definition) is 10. The average molecular weight is 584 g/mol. The molecule has 2 aliphatic rings. The minimum absolute atomic E-state index is 0.00251. The third kappa shape index (κ3) is 8.38. The molecule has 2 N–H and O–H groups in total. The zero-order chi connectivity index (χ0) is 30.1. The number of aromatic nitrogens is 2. The van der Waals surface area contributed by atoms with Gasteiger partial charge in [-0.25, -0.2) is 9.78 Å². The van der Waals surface area contributed by atoms with Gasteiger partial charge in [0.15, 0.2) is 5.82 Å². The standard InChI is InChI=1S/C29H37N5O8/c1-3-40-29(39)42-33-15-16-34(19(2)18-33)28(38)22(13-14-25(35)36)31-27(37)23-17-24(41-21-11-7-8-12-21)32-26(30-23)20-9-5-4-6-10-20/h4-6,9-10,17,19,21-22H,3,7-8,11-16,18H2,1-2H3,(H,31,37)(H,35,36)/t19?,22-/m0/s1. The molecular weight excluding hydrogens is 546 g/mol. The zero-order valence-electron chi connectivity index (χ0n) is 23.9. The van der Waals surface area contributed by atoms with Crippen LogP contribution in [0.4, 0.5) is 4.79 Å². The van der Waals surface area contributed by atoms with E-state index in [2.05, 4.69) is 15.3 Å². The summed E-state index contributed by atoms with van der Waals surface area (Å²) in [5, 5.41) is 13.4. The molecule has 42 heavy (non-hydrogen) atoms. The van der Waals surface area contributed by atoms with Gasteiger partial charge in [0.2, 0.25) is 11.8 Å². The molecule has 2 fully saturated rings. The number of ether oxygens (including phenoxy) is 2. The van der Waals surface area contributed by atoms with Crippen LogP contribution in [0, 0.1) is 0 Å². The van der Waals surface area contributed by atoms with Crippen molar-refractivity contribution in [1.82, 2.24) is 25.2 Å². The number of hydrogen-bond donors (Lipinski definition) is 2. The first-order valence-corrected chi connectivity index (χ1v) is 14.3. The van der Waals surface area contributed by atoms with Crippen molar-refractivity contribution in [2.75, 3.05) is 26.2 Å². The summed E-state index contributed by atoms with van der Waals surface area (Å²) < 4.78 is 10.9. The molecule has 13 nitrogen and oxygen atoms in total. The fourth-order valence-corrected chi connectivity index (χ4v) is 5.04. The van der Waals surface area contributed by atoms with Crippen molar-refractivity contribution < 1.29 is 38.6 Å². The molecule has 0 spiro atoms. The Bertz CT molecular complexity index is 1250. The Hall–Kier alpha value is -4.26. The molecule has 2 aromatic rings. The summed E-state index contributed by atoms with van der Waals surface area (Å²) in [7, 11) is 0. The first-order valence-electron chi connectivity index (χ1n) is 14.3. The van der Waals surface area contributed by atoms with E-state index in [1.165, 1.54) is 11.1 Å². The molecule has 1 aliphatic carbocycles. The van der Waals surface area contributed by atoms with Crippen LogP contribution in [0.2, 0.25) is 0 Å². The number of nitrogens with one attached hydrogen (secondary N) is 1. The number of carbonyl (C=O) groups is 4. The lowest BCUT2D eigenvalue weighted by atomic mass is 10.1. The van der Waals surface area contributed by atoms with Crippen LogP contribution in [-0.2, 0) is 19.2 Å². The number of benzene rings is 1. The van der Waals surface area contributed by atoms with Crippen LogP contribution in [0.1, 0.15) is 62.9 Å². The zero-order valence-corrected chi connectivity index (χ0v) is 23.9. The van der Waals surface area contributed by atoms with Crippen LogP contribution in [0.5, 0.6) is 5.88 Å². The average Bonchev–Trinajstić information content (AvgIpc) is 3.48. The number of piperazine rings is 1. The number of hydroxylamine groups is 2. The molecule has 1 saturated carbocycles. The molecule has 1 aromatic heterocycles. The number of aliphatic carboxylic acids is 1. The third-order valence-corrected chi connectivity index (χ3v) is 7.15. The maximum Gasteiger partial charge on any atom is 0.527 e. The van der Waals surface area contributed by atoms with Crippen molar-refractivity contribution in [3.63, 3.8) is 0 Å². The van der Waals surface area contributed by atoms with Gasteiger partial charge < -0.3 is 29.6 Å². The van der Waals surface area contributed by atoms with Crippen LogP contribution >= 0.6 is 0 Å². The van der Waals surface area contributed by atoms with E-state index in [9.17, 15) is 24.3 Å². The number of amides is 2. The SMILES string of the molecule is CCOC(=O)ON1CCN(C(=O)[C@H](CCC(=O)O)NC(=O)c2cc(OC3CCCC3)nc(-c3ccccc3)n2)C(C)C1. The molecule has 13 heteroatoms. The summed E-state index contributed by atoms with van der Waals surface area (Å²) in [6.45, 7) is 4.26. The van der Waals surface area contributed by atoms with Gasteiger partial charge in [0, 0.05) is 30.6 Å². The van der Waals surface area contributed by atoms with Gasteiger partial charge in [0.1, 0.15) is 17.8 Å². The van der Waals surface area contributed by atoms with Crippen molar-refractivity contribution in [2.24, 2.45) is 0 Å². The molecule has 2 amide bonds. The molecule has 226 valence electrons. The molecule has 1 aliphatic heterocycles. The van der Waals surface area contributed by atoms with E-state index >= 15 is 0 Å². The van der Waals surface area contributed by atoms with Gasteiger partial charge in [0.05, 0.1) is 19.7 Å². The van der Waals surface area contributed by atoms with Crippen molar-refractivity contribution in [2.45, 2.75) is 70.6 Å². The highest BCUT2D eigenvalue weighted by atomic mass is 16.8. The van der Waals surface area contributed by atoms with Crippen molar-refractivity contribution in [3.05, 3.63) is 42.1 Å². The molecule has 1 aromatic carbocycles. The number of rotatable bonds is 11. The van der Waals surface area contributed by atoms with E-state index in [1.54, 1.807) is 18.7 Å². The van der Waals surface area contributed by atoms with Crippen LogP contribution in [-0.4, -0.2) is 93.4 Å². The maximum atomic E-state index is 13.6. The van der Waals surface area contributed by atoms with Crippen molar-refractivity contribution in [1.29, 1.82) is 0 Å². The lowest BCUT2D eigenvalue weighted by Crippen LogP contribution is -2.59. The van der Waals surface area contributed by atoms with Gasteiger partial charge >= 0.3 is 12.1 Å². The highest BCUT2D eigenvalue weighted by molar-refractivity contribution is 5.96. The van der Waals surface area contributed by atoms with Crippen LogP contribution in [0.25, 0.3) is 11.4 Å². The second-order valence-corrected chi connectivity index (χ2v) is 10.3. The number of carboxylic acids is 1. The van der Waals surface area contributed by atoms with E-state index in [4.69, 9.17) is 14.3 Å². The molecule has 0 bridgehead atoms. The van der Waals surface area contributed by atoms with Crippen LogP contribution in [0.15, 0.2) is 36.4 Å². The summed E-state index contributed by atoms with van der Waals surface area (Å²) in [4.78, 5) is 65.9. The number of carbonyl (C=O) groups excluding carboxylic acids is 3. The van der Waals surface area contributed by atoms with Crippen molar-refractivity contribution in [3.8, 4) is 17.3 Å². The Labute approximate surface area is 244 Å². The monoisotopic (exact) mass is 583 g/mol. The number of nitrogens with zero attached hydrogens (tertiary/aromatic N) is 4. The Morgan fingerprint density at radius 3 is 2.50 bits per heavy atom. The molecule has 1 saturated heterocycles. The first kappa shape index (κ1) is 30.7. The van der Waals surface area contributed by atoms with E-state index in [1.807, 2.05) is 30.3 Å². The smallest absolute Gasteiger partial charge is 0.481 e. The highest BCUT2D eigenvalue weighted by Gasteiger charge is 2.35. The Balaban J connectivity index is 1.52. The second-order valence-electron chi connectivity index (χ2n) is 10.3. The molecule has 4 rings (SSSR count). The van der Waals surface area contributed by atoms with Gasteiger partial charge in [-0.2, -0.15) is 4.98 Å². The molecule has 0 radical (unpaired) electrons. The van der Waals surface area contributed by atoms with E-state index in [0.717, 1.165) is 25.7 Å². The van der Waals surface area contributed by atoms with Crippen LogP contribution in [0.3, 0.4) is 0 Å². The molecule has 1 unspecified atom stereocenters. The Morgan fingerprint density at radius 2 is 1.83 bits per heavy atom.